The molecule has 0 aliphatic rings. The monoisotopic (exact) mass is 393 g/mol. The maximum absolute atomic E-state index is 6.14. The molecule has 0 unspecified atom stereocenters. The van der Waals surface area contributed by atoms with E-state index in [-0.39, 0.29) is 5.11 Å². The number of thiocarbonyl (C=S) groups is 1. The first kappa shape index (κ1) is 19.8. The molecule has 0 aliphatic carbocycles. The number of rotatable bonds is 7. The predicted molar refractivity (Wildman–Crippen MR) is 109 cm³/mol. The van der Waals surface area contributed by atoms with E-state index in [4.69, 9.17) is 43.8 Å². The van der Waals surface area contributed by atoms with Crippen molar-refractivity contribution >= 4 is 40.8 Å². The van der Waals surface area contributed by atoms with Gasteiger partial charge in [-0.1, -0.05) is 11.6 Å². The van der Waals surface area contributed by atoms with Crippen molar-refractivity contribution in [1.29, 1.82) is 0 Å². The van der Waals surface area contributed by atoms with Gasteiger partial charge in [0.25, 0.3) is 0 Å². The minimum Gasteiger partial charge on any atom is -0.495 e. The zero-order chi connectivity index (χ0) is 19.1. The zero-order valence-corrected chi connectivity index (χ0v) is 16.3. The summed E-state index contributed by atoms with van der Waals surface area (Å²) in [5.41, 5.74) is 7.22. The molecule has 0 fully saturated rings. The van der Waals surface area contributed by atoms with Gasteiger partial charge < -0.3 is 19.9 Å². The molecule has 0 aliphatic heterocycles. The average Bonchev–Trinajstić information content (AvgIpc) is 2.63. The Kier molecular flexibility index (Phi) is 7.06. The Bertz CT molecular complexity index is 797. The van der Waals surface area contributed by atoms with Crippen molar-refractivity contribution in [2.24, 2.45) is 10.8 Å². The fourth-order valence-corrected chi connectivity index (χ4v) is 2.57. The third kappa shape index (κ3) is 4.77. The molecular weight excluding hydrogens is 374 g/mol. The molecule has 0 saturated carbocycles. The van der Waals surface area contributed by atoms with E-state index in [0.717, 1.165) is 11.3 Å². The van der Waals surface area contributed by atoms with Gasteiger partial charge in [-0.3, -0.25) is 0 Å². The molecule has 0 heterocycles. The third-order valence-corrected chi connectivity index (χ3v) is 3.87. The number of hydrogen-bond acceptors (Lipinski definition) is 5. The van der Waals surface area contributed by atoms with Crippen molar-refractivity contribution in [3.63, 3.8) is 0 Å². The number of anilines is 1. The van der Waals surface area contributed by atoms with Crippen LogP contribution in [0, 0.1) is 0 Å². The van der Waals surface area contributed by atoms with Crippen LogP contribution in [0.1, 0.15) is 12.5 Å². The molecule has 2 rings (SSSR count). The fourth-order valence-electron chi connectivity index (χ4n) is 2.19. The first-order valence-electron chi connectivity index (χ1n) is 7.78. The number of benzene rings is 2. The van der Waals surface area contributed by atoms with Gasteiger partial charge in [-0.15, -0.1) is 0 Å². The molecule has 0 saturated heterocycles. The quantitative estimate of drug-likeness (QED) is 0.438. The van der Waals surface area contributed by atoms with Crippen molar-refractivity contribution in [3.05, 3.63) is 47.0 Å². The summed E-state index contributed by atoms with van der Waals surface area (Å²) in [5, 5.41) is 6.21. The van der Waals surface area contributed by atoms with Crippen LogP contribution in [0.15, 0.2) is 41.5 Å². The largest absolute Gasteiger partial charge is 0.495 e. The van der Waals surface area contributed by atoms with Crippen molar-refractivity contribution in [2.75, 3.05) is 25.8 Å². The Hall–Kier alpha value is -2.51. The second kappa shape index (κ2) is 9.26. The smallest absolute Gasteiger partial charge is 0.191 e. The summed E-state index contributed by atoms with van der Waals surface area (Å²) in [6.45, 7) is 2.55. The van der Waals surface area contributed by atoms with Crippen LogP contribution < -0.4 is 25.0 Å². The fraction of sp³-hybridized carbons (Fsp3) is 0.222. The molecule has 6 nitrogen and oxygen atoms in total. The van der Waals surface area contributed by atoms with E-state index in [2.05, 4.69) is 5.10 Å². The number of ether oxygens (including phenoxy) is 3. The SMILES string of the molecule is CCOc1ccc(/C=N/N(C(N)=S)c2cc(OC)c(Cl)cc2OC)cc1. The molecule has 26 heavy (non-hydrogen) atoms. The topological polar surface area (TPSA) is 69.3 Å². The maximum Gasteiger partial charge on any atom is 0.191 e. The van der Waals surface area contributed by atoms with E-state index in [1.165, 1.54) is 19.2 Å². The Morgan fingerprint density at radius 2 is 1.85 bits per heavy atom. The van der Waals surface area contributed by atoms with Crippen LogP contribution in [0.3, 0.4) is 0 Å². The van der Waals surface area contributed by atoms with Gasteiger partial charge in [-0.25, -0.2) is 5.01 Å². The molecule has 0 amide bonds. The van der Waals surface area contributed by atoms with Crippen LogP contribution in [-0.2, 0) is 0 Å². The highest BCUT2D eigenvalue weighted by Crippen LogP contribution is 2.38. The van der Waals surface area contributed by atoms with Gasteiger partial charge in [-0.05, 0) is 49.0 Å². The lowest BCUT2D eigenvalue weighted by atomic mass is 10.2. The molecule has 0 bridgehead atoms. The average molecular weight is 394 g/mol. The second-order valence-electron chi connectivity index (χ2n) is 5.06. The number of halogens is 1. The Morgan fingerprint density at radius 1 is 1.19 bits per heavy atom. The first-order valence-corrected chi connectivity index (χ1v) is 8.56. The molecular formula is C18H20ClN3O3S. The molecule has 0 radical (unpaired) electrons. The summed E-state index contributed by atoms with van der Waals surface area (Å²) in [6.07, 6.45) is 1.63. The Morgan fingerprint density at radius 3 is 2.38 bits per heavy atom. The standard InChI is InChI=1S/C18H20ClN3O3S/c1-4-25-13-7-5-12(6-8-13)11-21-22(18(20)26)15-10-16(23-2)14(19)9-17(15)24-3/h5-11H,4H2,1-3H3,(H2,20,26)/b21-11+. The van der Waals surface area contributed by atoms with E-state index in [9.17, 15) is 0 Å². The minimum absolute atomic E-state index is 0.0508. The third-order valence-electron chi connectivity index (χ3n) is 3.40. The molecule has 0 atom stereocenters. The van der Waals surface area contributed by atoms with Crippen molar-refractivity contribution in [3.8, 4) is 17.2 Å². The van der Waals surface area contributed by atoms with Gasteiger partial charge in [0.1, 0.15) is 22.9 Å². The van der Waals surface area contributed by atoms with Crippen LogP contribution in [-0.4, -0.2) is 32.2 Å². The highest BCUT2D eigenvalue weighted by atomic mass is 35.5. The minimum atomic E-state index is 0.0508. The van der Waals surface area contributed by atoms with Gasteiger partial charge in [0.05, 0.1) is 32.1 Å². The van der Waals surface area contributed by atoms with Crippen LogP contribution >= 0.6 is 23.8 Å². The molecule has 138 valence electrons. The van der Waals surface area contributed by atoms with E-state index in [0.29, 0.717) is 28.8 Å². The molecule has 2 N–H and O–H groups in total. The molecule has 8 heteroatoms. The van der Waals surface area contributed by atoms with Crippen molar-refractivity contribution in [1.82, 2.24) is 0 Å². The molecule has 0 aromatic heterocycles. The maximum atomic E-state index is 6.14. The van der Waals surface area contributed by atoms with Crippen molar-refractivity contribution in [2.45, 2.75) is 6.92 Å². The zero-order valence-electron chi connectivity index (χ0n) is 14.7. The summed E-state index contributed by atoms with van der Waals surface area (Å²) in [4.78, 5) is 0. The number of hydrogen-bond donors (Lipinski definition) is 1. The predicted octanol–water partition coefficient (Wildman–Crippen LogP) is 3.84. The summed E-state index contributed by atoms with van der Waals surface area (Å²) < 4.78 is 16.0. The second-order valence-corrected chi connectivity index (χ2v) is 5.88. The van der Waals surface area contributed by atoms with E-state index in [1.807, 2.05) is 31.2 Å². The first-order chi connectivity index (χ1) is 12.5. The van der Waals surface area contributed by atoms with Gasteiger partial charge in [0, 0.05) is 12.1 Å². The van der Waals surface area contributed by atoms with E-state index < -0.39 is 0 Å². The van der Waals surface area contributed by atoms with Gasteiger partial charge >= 0.3 is 0 Å². The van der Waals surface area contributed by atoms with Crippen LogP contribution in [0.4, 0.5) is 5.69 Å². The normalized spacial score (nSPS) is 10.6. The highest BCUT2D eigenvalue weighted by Gasteiger charge is 2.17. The summed E-state index contributed by atoms with van der Waals surface area (Å²) in [6, 6.07) is 10.8. The Labute approximate surface area is 163 Å². The Balaban J connectivity index is 2.35. The van der Waals surface area contributed by atoms with Crippen LogP contribution in [0.2, 0.25) is 5.02 Å². The summed E-state index contributed by atoms with van der Waals surface area (Å²) in [5.74, 6) is 1.72. The lowest BCUT2D eigenvalue weighted by Gasteiger charge is -2.20. The molecule has 2 aromatic carbocycles. The van der Waals surface area contributed by atoms with Gasteiger partial charge in [0.15, 0.2) is 5.11 Å². The lowest BCUT2D eigenvalue weighted by molar-refractivity contribution is 0.340. The number of methoxy groups -OCH3 is 2. The highest BCUT2D eigenvalue weighted by molar-refractivity contribution is 7.80. The number of nitrogens with two attached hydrogens (primary N) is 1. The van der Waals surface area contributed by atoms with E-state index in [1.54, 1.807) is 18.3 Å². The van der Waals surface area contributed by atoms with Crippen molar-refractivity contribution < 1.29 is 14.2 Å². The number of nitrogens with zero attached hydrogens (tertiary/aromatic N) is 2. The van der Waals surface area contributed by atoms with Crippen LogP contribution in [0.25, 0.3) is 0 Å². The van der Waals surface area contributed by atoms with Crippen LogP contribution in [0.5, 0.6) is 17.2 Å². The molecule has 0 spiro atoms. The van der Waals surface area contributed by atoms with Gasteiger partial charge in [-0.2, -0.15) is 5.10 Å². The lowest BCUT2D eigenvalue weighted by Crippen LogP contribution is -2.31. The van der Waals surface area contributed by atoms with Gasteiger partial charge in [0.2, 0.25) is 0 Å². The molecule has 2 aromatic rings. The van der Waals surface area contributed by atoms with E-state index >= 15 is 0 Å². The summed E-state index contributed by atoms with van der Waals surface area (Å²) >= 11 is 11.3. The number of hydrazone groups is 1. The summed E-state index contributed by atoms with van der Waals surface area (Å²) in [7, 11) is 3.04.